The van der Waals surface area contributed by atoms with E-state index < -0.39 is 0 Å². The third-order valence-corrected chi connectivity index (χ3v) is 1.80. The molecule has 0 aliphatic rings. The maximum Gasteiger partial charge on any atom is 0.0157 e. The standard InChI is InChI=1S/C8H18BrN/c1-8(2)4-3-6-10-7-5-9/h8,10H,3-7H2,1-2H3. The lowest BCUT2D eigenvalue weighted by molar-refractivity contribution is 0.534. The highest BCUT2D eigenvalue weighted by Gasteiger charge is 1.92. The number of rotatable bonds is 6. The summed E-state index contributed by atoms with van der Waals surface area (Å²) < 4.78 is 0. The lowest BCUT2D eigenvalue weighted by Crippen LogP contribution is -2.17. The fourth-order valence-electron chi connectivity index (χ4n) is 0.827. The first-order valence-electron chi connectivity index (χ1n) is 4.04. The minimum Gasteiger partial charge on any atom is -0.316 e. The molecule has 0 aliphatic heterocycles. The van der Waals surface area contributed by atoms with Gasteiger partial charge in [0.05, 0.1) is 0 Å². The normalized spacial score (nSPS) is 10.8. The Morgan fingerprint density at radius 3 is 2.50 bits per heavy atom. The van der Waals surface area contributed by atoms with E-state index >= 15 is 0 Å². The van der Waals surface area contributed by atoms with Crippen LogP contribution in [0.25, 0.3) is 0 Å². The number of nitrogens with one attached hydrogen (secondary N) is 1. The lowest BCUT2D eigenvalue weighted by atomic mass is 10.1. The predicted molar refractivity (Wildman–Crippen MR) is 50.7 cm³/mol. The van der Waals surface area contributed by atoms with E-state index in [-0.39, 0.29) is 0 Å². The van der Waals surface area contributed by atoms with Crippen LogP contribution in [-0.2, 0) is 0 Å². The molecule has 0 aromatic carbocycles. The van der Waals surface area contributed by atoms with Gasteiger partial charge in [0.15, 0.2) is 0 Å². The van der Waals surface area contributed by atoms with Crippen LogP contribution in [0.2, 0.25) is 0 Å². The van der Waals surface area contributed by atoms with Gasteiger partial charge in [-0.3, -0.25) is 0 Å². The third kappa shape index (κ3) is 8.44. The Balaban J connectivity index is 2.77. The van der Waals surface area contributed by atoms with Gasteiger partial charge in [-0.25, -0.2) is 0 Å². The molecule has 0 aliphatic carbocycles. The highest BCUT2D eigenvalue weighted by molar-refractivity contribution is 9.09. The Morgan fingerprint density at radius 1 is 1.30 bits per heavy atom. The van der Waals surface area contributed by atoms with Crippen LogP contribution in [0, 0.1) is 5.92 Å². The molecule has 10 heavy (non-hydrogen) atoms. The van der Waals surface area contributed by atoms with Crippen LogP contribution in [0.1, 0.15) is 26.7 Å². The molecule has 62 valence electrons. The summed E-state index contributed by atoms with van der Waals surface area (Å²) in [6.45, 7) is 6.80. The molecule has 0 heterocycles. The van der Waals surface area contributed by atoms with Crippen molar-refractivity contribution >= 4 is 15.9 Å². The Morgan fingerprint density at radius 2 is 2.00 bits per heavy atom. The molecule has 0 bridgehead atoms. The molecular weight excluding hydrogens is 190 g/mol. The molecular formula is C8H18BrN. The van der Waals surface area contributed by atoms with Crippen molar-refractivity contribution in [2.75, 3.05) is 18.4 Å². The van der Waals surface area contributed by atoms with Crippen LogP contribution < -0.4 is 5.32 Å². The minimum atomic E-state index is 0.853. The summed E-state index contributed by atoms with van der Waals surface area (Å²) in [5.74, 6) is 0.853. The van der Waals surface area contributed by atoms with Crippen molar-refractivity contribution in [3.05, 3.63) is 0 Å². The monoisotopic (exact) mass is 207 g/mol. The second-order valence-corrected chi connectivity index (χ2v) is 3.77. The first-order chi connectivity index (χ1) is 4.77. The van der Waals surface area contributed by atoms with Gasteiger partial charge in [-0.15, -0.1) is 0 Å². The summed E-state index contributed by atoms with van der Waals surface area (Å²) in [6.07, 6.45) is 2.65. The van der Waals surface area contributed by atoms with Gasteiger partial charge < -0.3 is 5.32 Å². The van der Waals surface area contributed by atoms with Gasteiger partial charge in [-0.1, -0.05) is 29.8 Å². The molecule has 0 atom stereocenters. The summed E-state index contributed by atoms with van der Waals surface area (Å²) in [4.78, 5) is 0. The molecule has 0 aromatic rings. The molecule has 0 saturated carbocycles. The smallest absolute Gasteiger partial charge is 0.0157 e. The van der Waals surface area contributed by atoms with E-state index in [2.05, 4.69) is 35.1 Å². The van der Waals surface area contributed by atoms with Crippen LogP contribution in [-0.4, -0.2) is 18.4 Å². The zero-order valence-electron chi connectivity index (χ0n) is 6.99. The number of halogens is 1. The van der Waals surface area contributed by atoms with Gasteiger partial charge >= 0.3 is 0 Å². The van der Waals surface area contributed by atoms with E-state index in [0.29, 0.717) is 0 Å². The van der Waals surface area contributed by atoms with E-state index in [1.165, 1.54) is 19.4 Å². The molecule has 1 N–H and O–H groups in total. The maximum absolute atomic E-state index is 3.37. The van der Waals surface area contributed by atoms with Gasteiger partial charge in [-0.05, 0) is 25.3 Å². The van der Waals surface area contributed by atoms with Crippen molar-refractivity contribution in [1.29, 1.82) is 0 Å². The Hall–Kier alpha value is 0.440. The van der Waals surface area contributed by atoms with Gasteiger partial charge in [-0.2, -0.15) is 0 Å². The summed E-state index contributed by atoms with van der Waals surface area (Å²) in [6, 6.07) is 0. The van der Waals surface area contributed by atoms with Crippen LogP contribution in [0.4, 0.5) is 0 Å². The van der Waals surface area contributed by atoms with Crippen molar-refractivity contribution in [2.45, 2.75) is 26.7 Å². The highest BCUT2D eigenvalue weighted by Crippen LogP contribution is 2.01. The Kier molecular flexibility index (Phi) is 7.88. The average Bonchev–Trinajstić information content (AvgIpc) is 1.87. The summed E-state index contributed by atoms with van der Waals surface area (Å²) in [5.41, 5.74) is 0. The quantitative estimate of drug-likeness (QED) is 0.522. The lowest BCUT2D eigenvalue weighted by Gasteiger charge is -2.04. The largest absolute Gasteiger partial charge is 0.316 e. The van der Waals surface area contributed by atoms with Crippen molar-refractivity contribution in [3.63, 3.8) is 0 Å². The zero-order valence-corrected chi connectivity index (χ0v) is 8.58. The van der Waals surface area contributed by atoms with E-state index in [1.807, 2.05) is 0 Å². The molecule has 0 aromatic heterocycles. The van der Waals surface area contributed by atoms with Crippen molar-refractivity contribution in [2.24, 2.45) is 5.92 Å². The van der Waals surface area contributed by atoms with E-state index in [1.54, 1.807) is 0 Å². The first-order valence-corrected chi connectivity index (χ1v) is 5.16. The third-order valence-electron chi connectivity index (χ3n) is 1.41. The van der Waals surface area contributed by atoms with Crippen molar-refractivity contribution in [3.8, 4) is 0 Å². The molecule has 0 saturated heterocycles. The Labute approximate surface area is 72.7 Å². The predicted octanol–water partition coefficient (Wildman–Crippen LogP) is 2.41. The number of hydrogen-bond acceptors (Lipinski definition) is 1. The molecule has 0 rings (SSSR count). The summed E-state index contributed by atoms with van der Waals surface area (Å²) >= 11 is 3.37. The van der Waals surface area contributed by atoms with Crippen molar-refractivity contribution in [1.82, 2.24) is 5.32 Å². The second-order valence-electron chi connectivity index (χ2n) is 2.98. The van der Waals surface area contributed by atoms with Gasteiger partial charge in [0.25, 0.3) is 0 Å². The molecule has 2 heteroatoms. The topological polar surface area (TPSA) is 12.0 Å². The number of alkyl halides is 1. The summed E-state index contributed by atoms with van der Waals surface area (Å²) in [5, 5.41) is 4.41. The van der Waals surface area contributed by atoms with Gasteiger partial charge in [0.2, 0.25) is 0 Å². The van der Waals surface area contributed by atoms with E-state index in [0.717, 1.165) is 17.8 Å². The fraction of sp³-hybridized carbons (Fsp3) is 1.00. The van der Waals surface area contributed by atoms with E-state index in [4.69, 9.17) is 0 Å². The highest BCUT2D eigenvalue weighted by atomic mass is 79.9. The molecule has 0 amide bonds. The van der Waals surface area contributed by atoms with Gasteiger partial charge in [0, 0.05) is 11.9 Å². The number of hydrogen-bond donors (Lipinski definition) is 1. The van der Waals surface area contributed by atoms with E-state index in [9.17, 15) is 0 Å². The molecule has 0 radical (unpaired) electrons. The Bertz CT molecular complexity index is 64.3. The van der Waals surface area contributed by atoms with Gasteiger partial charge in [0.1, 0.15) is 0 Å². The van der Waals surface area contributed by atoms with Crippen molar-refractivity contribution < 1.29 is 0 Å². The summed E-state index contributed by atoms with van der Waals surface area (Å²) in [7, 11) is 0. The second kappa shape index (κ2) is 7.55. The van der Waals surface area contributed by atoms with Crippen LogP contribution in [0.15, 0.2) is 0 Å². The maximum atomic E-state index is 3.37. The minimum absolute atomic E-state index is 0.853. The zero-order chi connectivity index (χ0) is 7.82. The molecule has 0 unspecified atom stereocenters. The molecule has 0 spiro atoms. The average molecular weight is 208 g/mol. The fourth-order valence-corrected chi connectivity index (χ4v) is 1.11. The SMILES string of the molecule is CC(C)CCCNCCBr. The van der Waals surface area contributed by atoms with Crippen LogP contribution in [0.5, 0.6) is 0 Å². The molecule has 0 fully saturated rings. The first kappa shape index (κ1) is 10.4. The molecule has 1 nitrogen and oxygen atoms in total. The van der Waals surface area contributed by atoms with Crippen LogP contribution in [0.3, 0.4) is 0 Å². The van der Waals surface area contributed by atoms with Crippen LogP contribution >= 0.6 is 15.9 Å².